The molecule has 0 saturated carbocycles. The number of aliphatic hydroxyl groups is 1. The minimum Gasteiger partial charge on any atom is -0.490 e. The molecule has 5 nitrogen and oxygen atoms in total. The first-order valence-corrected chi connectivity index (χ1v) is 4.90. The smallest absolute Gasteiger partial charge is 0.276 e. The Morgan fingerprint density at radius 2 is 2.12 bits per heavy atom. The zero-order valence-electron chi connectivity index (χ0n) is 9.56. The first-order chi connectivity index (χ1) is 7.29. The lowest BCUT2D eigenvalue weighted by Gasteiger charge is -2.17. The Hall–Kier alpha value is -1.62. The van der Waals surface area contributed by atoms with Crippen molar-refractivity contribution in [1.82, 2.24) is 0 Å². The molecule has 0 heterocycles. The monoisotopic (exact) mass is 225 g/mol. The molecule has 1 aromatic rings. The Balaban J connectivity index is 2.83. The van der Waals surface area contributed by atoms with Crippen LogP contribution in [0.15, 0.2) is 18.2 Å². The summed E-state index contributed by atoms with van der Waals surface area (Å²) >= 11 is 0. The number of hydrogen-bond acceptors (Lipinski definition) is 4. The fraction of sp³-hybridized carbons (Fsp3) is 0.455. The molecule has 0 unspecified atom stereocenters. The molecule has 0 amide bonds. The highest BCUT2D eigenvalue weighted by Gasteiger charge is 2.15. The molecule has 0 radical (unpaired) electrons. The third kappa shape index (κ3) is 3.51. The summed E-state index contributed by atoms with van der Waals surface area (Å²) in [7, 11) is 0. The largest absolute Gasteiger partial charge is 0.490 e. The molecule has 0 aliphatic rings. The van der Waals surface area contributed by atoms with Crippen molar-refractivity contribution >= 4 is 5.69 Å². The second-order valence-corrected chi connectivity index (χ2v) is 4.31. The predicted octanol–water partition coefficient (Wildman–Crippen LogP) is 2.05. The van der Waals surface area contributed by atoms with Crippen LogP contribution in [0.25, 0.3) is 0 Å². The first-order valence-electron chi connectivity index (χ1n) is 4.90. The van der Waals surface area contributed by atoms with Gasteiger partial charge in [0.2, 0.25) is 0 Å². The summed E-state index contributed by atoms with van der Waals surface area (Å²) in [5.41, 5.74) is -0.353. The van der Waals surface area contributed by atoms with E-state index in [0.29, 0.717) is 11.3 Å². The lowest BCUT2D eigenvalue weighted by molar-refractivity contribution is -0.385. The number of aryl methyl sites for hydroxylation is 1. The van der Waals surface area contributed by atoms with Crippen LogP contribution in [-0.4, -0.2) is 22.2 Å². The van der Waals surface area contributed by atoms with Crippen LogP contribution >= 0.6 is 0 Å². The Kier molecular flexibility index (Phi) is 3.49. The van der Waals surface area contributed by atoms with Crippen LogP contribution in [0, 0.1) is 17.0 Å². The van der Waals surface area contributed by atoms with Gasteiger partial charge in [-0.2, -0.15) is 0 Å². The van der Waals surface area contributed by atoms with Crippen LogP contribution in [0.3, 0.4) is 0 Å². The van der Waals surface area contributed by atoms with Crippen molar-refractivity contribution in [2.75, 3.05) is 6.61 Å². The van der Waals surface area contributed by atoms with Gasteiger partial charge in [-0.05, 0) is 32.9 Å². The molecule has 16 heavy (non-hydrogen) atoms. The average molecular weight is 225 g/mol. The molecule has 0 saturated heterocycles. The van der Waals surface area contributed by atoms with E-state index in [-0.39, 0.29) is 12.3 Å². The van der Waals surface area contributed by atoms with Crippen molar-refractivity contribution < 1.29 is 14.8 Å². The van der Waals surface area contributed by atoms with Gasteiger partial charge in [-0.25, -0.2) is 0 Å². The van der Waals surface area contributed by atoms with Gasteiger partial charge in [0.1, 0.15) is 12.4 Å². The molecular formula is C11H15NO4. The van der Waals surface area contributed by atoms with Crippen molar-refractivity contribution in [3.05, 3.63) is 33.9 Å². The van der Waals surface area contributed by atoms with Gasteiger partial charge in [-0.1, -0.05) is 0 Å². The quantitative estimate of drug-likeness (QED) is 0.628. The van der Waals surface area contributed by atoms with Gasteiger partial charge in [0.25, 0.3) is 5.69 Å². The van der Waals surface area contributed by atoms with Gasteiger partial charge in [0, 0.05) is 5.56 Å². The second kappa shape index (κ2) is 4.49. The fourth-order valence-corrected chi connectivity index (χ4v) is 1.14. The maximum Gasteiger partial charge on any atom is 0.276 e. The zero-order chi connectivity index (χ0) is 12.3. The van der Waals surface area contributed by atoms with E-state index in [9.17, 15) is 15.2 Å². The maximum absolute atomic E-state index is 10.7. The highest BCUT2D eigenvalue weighted by atomic mass is 16.6. The highest BCUT2D eigenvalue weighted by molar-refractivity contribution is 5.45. The Bertz CT molecular complexity index is 395. The molecule has 0 spiro atoms. The molecule has 0 aliphatic carbocycles. The summed E-state index contributed by atoms with van der Waals surface area (Å²) < 4.78 is 5.26. The van der Waals surface area contributed by atoms with Crippen LogP contribution < -0.4 is 4.74 Å². The van der Waals surface area contributed by atoms with Crippen molar-refractivity contribution in [3.63, 3.8) is 0 Å². The molecule has 0 atom stereocenters. The summed E-state index contributed by atoms with van der Waals surface area (Å²) in [5.74, 6) is 0.388. The number of ether oxygens (including phenoxy) is 1. The molecule has 0 aliphatic heterocycles. The van der Waals surface area contributed by atoms with Crippen LogP contribution in [-0.2, 0) is 0 Å². The SMILES string of the molecule is Cc1ccc(OCC(C)(C)O)cc1[N+](=O)[O-]. The molecule has 0 bridgehead atoms. The summed E-state index contributed by atoms with van der Waals surface area (Å²) in [6.07, 6.45) is 0. The van der Waals surface area contributed by atoms with Crippen LogP contribution in [0.5, 0.6) is 5.75 Å². The Morgan fingerprint density at radius 3 is 2.62 bits per heavy atom. The Morgan fingerprint density at radius 1 is 1.50 bits per heavy atom. The summed E-state index contributed by atoms with van der Waals surface area (Å²) in [4.78, 5) is 10.2. The minimum atomic E-state index is -0.959. The summed E-state index contributed by atoms with van der Waals surface area (Å²) in [6, 6.07) is 4.63. The number of nitrogens with zero attached hydrogens (tertiary/aromatic N) is 1. The predicted molar refractivity (Wildman–Crippen MR) is 59.6 cm³/mol. The van der Waals surface area contributed by atoms with E-state index < -0.39 is 10.5 Å². The van der Waals surface area contributed by atoms with Gasteiger partial charge in [-0.15, -0.1) is 0 Å². The lowest BCUT2D eigenvalue weighted by atomic mass is 10.1. The van der Waals surface area contributed by atoms with E-state index >= 15 is 0 Å². The van der Waals surface area contributed by atoms with Crippen molar-refractivity contribution in [2.45, 2.75) is 26.4 Å². The molecule has 0 aromatic heterocycles. The van der Waals surface area contributed by atoms with Crippen molar-refractivity contribution in [2.24, 2.45) is 0 Å². The average Bonchev–Trinajstić information content (AvgIpc) is 2.14. The van der Waals surface area contributed by atoms with E-state index in [1.54, 1.807) is 32.9 Å². The van der Waals surface area contributed by atoms with Crippen molar-refractivity contribution in [3.8, 4) is 5.75 Å². The van der Waals surface area contributed by atoms with Crippen molar-refractivity contribution in [1.29, 1.82) is 0 Å². The highest BCUT2D eigenvalue weighted by Crippen LogP contribution is 2.24. The molecule has 1 rings (SSSR count). The molecule has 88 valence electrons. The van der Waals surface area contributed by atoms with Gasteiger partial charge in [0.15, 0.2) is 0 Å². The number of hydrogen-bond donors (Lipinski definition) is 1. The number of nitro groups is 1. The van der Waals surface area contributed by atoms with Gasteiger partial charge in [0.05, 0.1) is 16.6 Å². The maximum atomic E-state index is 10.7. The lowest BCUT2D eigenvalue weighted by Crippen LogP contribution is -2.27. The van der Waals surface area contributed by atoms with E-state index in [4.69, 9.17) is 4.74 Å². The second-order valence-electron chi connectivity index (χ2n) is 4.31. The van der Waals surface area contributed by atoms with E-state index in [0.717, 1.165) is 0 Å². The normalized spacial score (nSPS) is 11.2. The van der Waals surface area contributed by atoms with Gasteiger partial charge in [-0.3, -0.25) is 10.1 Å². The first kappa shape index (κ1) is 12.4. The topological polar surface area (TPSA) is 72.6 Å². The minimum absolute atomic E-state index is 0.0215. The van der Waals surface area contributed by atoms with Gasteiger partial charge >= 0.3 is 0 Å². The third-order valence-corrected chi connectivity index (χ3v) is 1.97. The Labute approximate surface area is 93.8 Å². The van der Waals surface area contributed by atoms with Crippen LogP contribution in [0.4, 0.5) is 5.69 Å². The molecular weight excluding hydrogens is 210 g/mol. The number of rotatable bonds is 4. The van der Waals surface area contributed by atoms with Crippen LogP contribution in [0.1, 0.15) is 19.4 Å². The van der Waals surface area contributed by atoms with E-state index in [1.807, 2.05) is 0 Å². The number of benzene rings is 1. The van der Waals surface area contributed by atoms with E-state index in [1.165, 1.54) is 6.07 Å². The van der Waals surface area contributed by atoms with Gasteiger partial charge < -0.3 is 9.84 Å². The molecule has 1 aromatic carbocycles. The summed E-state index contributed by atoms with van der Waals surface area (Å²) in [5, 5.41) is 20.1. The van der Waals surface area contributed by atoms with E-state index in [2.05, 4.69) is 0 Å². The number of nitro benzene ring substituents is 1. The molecule has 5 heteroatoms. The van der Waals surface area contributed by atoms with Crippen LogP contribution in [0.2, 0.25) is 0 Å². The fourth-order valence-electron chi connectivity index (χ4n) is 1.14. The standard InChI is InChI=1S/C11H15NO4/c1-8-4-5-9(6-10(8)12(14)15)16-7-11(2,3)13/h4-6,13H,7H2,1-3H3. The third-order valence-electron chi connectivity index (χ3n) is 1.97. The molecule has 1 N–H and O–H groups in total. The summed E-state index contributed by atoms with van der Waals surface area (Å²) in [6.45, 7) is 4.97. The molecule has 0 fully saturated rings. The zero-order valence-corrected chi connectivity index (χ0v) is 9.56.